The number of hydrogen-bond acceptors (Lipinski definition) is 3. The Morgan fingerprint density at radius 2 is 1.73 bits per heavy atom. The van der Waals surface area contributed by atoms with E-state index >= 15 is 0 Å². The zero-order valence-corrected chi connectivity index (χ0v) is 12.8. The van der Waals surface area contributed by atoms with Crippen LogP contribution in [0.15, 0.2) is 48.5 Å². The number of amides is 2. The van der Waals surface area contributed by atoms with Crippen LogP contribution in [0.2, 0.25) is 10.0 Å². The first-order valence-corrected chi connectivity index (χ1v) is 7.04. The van der Waals surface area contributed by atoms with Gasteiger partial charge in [0.15, 0.2) is 6.61 Å². The van der Waals surface area contributed by atoms with Crippen LogP contribution in [0.25, 0.3) is 0 Å². The Balaban J connectivity index is 1.81. The third-order valence-electron chi connectivity index (χ3n) is 2.60. The summed E-state index contributed by atoms with van der Waals surface area (Å²) in [7, 11) is 0. The maximum atomic E-state index is 11.7. The van der Waals surface area contributed by atoms with Gasteiger partial charge in [-0.15, -0.1) is 0 Å². The van der Waals surface area contributed by atoms with Crippen molar-refractivity contribution in [2.45, 2.75) is 0 Å². The average Bonchev–Trinajstić information content (AvgIpc) is 2.54. The van der Waals surface area contributed by atoms with Crippen LogP contribution in [0.1, 0.15) is 10.4 Å². The number of hydrazine groups is 1. The number of ether oxygens (including phenoxy) is 1. The summed E-state index contributed by atoms with van der Waals surface area (Å²) in [4.78, 5) is 23.3. The quantitative estimate of drug-likeness (QED) is 0.842. The second-order valence-electron chi connectivity index (χ2n) is 4.23. The summed E-state index contributed by atoms with van der Waals surface area (Å²) in [5.74, 6) is -0.659. The SMILES string of the molecule is O=C(COc1cc(Cl)ccc1Cl)NNC(=O)c1ccccc1. The first kappa shape index (κ1) is 16.1. The Labute approximate surface area is 137 Å². The van der Waals surface area contributed by atoms with Crippen molar-refractivity contribution in [2.75, 3.05) is 6.61 Å². The molecule has 0 unspecified atom stereocenters. The van der Waals surface area contributed by atoms with E-state index in [0.717, 1.165) is 0 Å². The molecule has 0 radical (unpaired) electrons. The number of benzene rings is 2. The van der Waals surface area contributed by atoms with Crippen molar-refractivity contribution in [1.82, 2.24) is 10.9 Å². The van der Waals surface area contributed by atoms with E-state index in [2.05, 4.69) is 10.9 Å². The van der Waals surface area contributed by atoms with E-state index in [4.69, 9.17) is 27.9 Å². The molecule has 0 heterocycles. The highest BCUT2D eigenvalue weighted by Crippen LogP contribution is 2.27. The average molecular weight is 339 g/mol. The zero-order valence-electron chi connectivity index (χ0n) is 11.3. The summed E-state index contributed by atoms with van der Waals surface area (Å²) >= 11 is 11.7. The van der Waals surface area contributed by atoms with Gasteiger partial charge in [0.25, 0.3) is 11.8 Å². The fraction of sp³-hybridized carbons (Fsp3) is 0.0667. The van der Waals surface area contributed by atoms with Gasteiger partial charge in [-0.25, -0.2) is 0 Å². The minimum absolute atomic E-state index is 0.290. The fourth-order valence-corrected chi connectivity index (χ4v) is 1.89. The van der Waals surface area contributed by atoms with E-state index in [-0.39, 0.29) is 6.61 Å². The molecule has 2 aromatic carbocycles. The van der Waals surface area contributed by atoms with E-state index < -0.39 is 11.8 Å². The van der Waals surface area contributed by atoms with E-state index in [9.17, 15) is 9.59 Å². The molecule has 7 heteroatoms. The number of nitrogens with one attached hydrogen (secondary N) is 2. The van der Waals surface area contributed by atoms with Crippen LogP contribution >= 0.6 is 23.2 Å². The molecule has 22 heavy (non-hydrogen) atoms. The van der Waals surface area contributed by atoms with Gasteiger partial charge >= 0.3 is 0 Å². The lowest BCUT2D eigenvalue weighted by molar-refractivity contribution is -0.123. The van der Waals surface area contributed by atoms with E-state index in [1.165, 1.54) is 6.07 Å². The topological polar surface area (TPSA) is 67.4 Å². The molecular formula is C15H12Cl2N2O3. The third kappa shape index (κ3) is 4.65. The van der Waals surface area contributed by atoms with Crippen LogP contribution in [0.5, 0.6) is 5.75 Å². The molecule has 0 aliphatic carbocycles. The molecule has 0 fully saturated rings. The van der Waals surface area contributed by atoms with Crippen molar-refractivity contribution in [3.8, 4) is 5.75 Å². The molecule has 2 aromatic rings. The highest BCUT2D eigenvalue weighted by molar-refractivity contribution is 6.34. The Morgan fingerprint density at radius 1 is 1.00 bits per heavy atom. The molecule has 0 aromatic heterocycles. The Bertz CT molecular complexity index is 678. The fourth-order valence-electron chi connectivity index (χ4n) is 1.56. The van der Waals surface area contributed by atoms with Gasteiger partial charge in [0.1, 0.15) is 5.75 Å². The summed E-state index contributed by atoms with van der Waals surface area (Å²) < 4.78 is 5.24. The Kier molecular flexibility index (Phi) is 5.63. The number of carbonyl (C=O) groups excluding carboxylic acids is 2. The summed E-state index contributed by atoms with van der Waals surface area (Å²) in [5, 5.41) is 0.780. The van der Waals surface area contributed by atoms with Crippen LogP contribution in [0, 0.1) is 0 Å². The highest BCUT2D eigenvalue weighted by atomic mass is 35.5. The normalized spacial score (nSPS) is 9.91. The number of hydrogen-bond donors (Lipinski definition) is 2. The summed E-state index contributed by atoms with van der Waals surface area (Å²) in [6.07, 6.45) is 0. The lowest BCUT2D eigenvalue weighted by Crippen LogP contribution is -2.43. The first-order valence-electron chi connectivity index (χ1n) is 6.28. The second-order valence-corrected chi connectivity index (χ2v) is 5.08. The van der Waals surface area contributed by atoms with Gasteiger partial charge in [0.2, 0.25) is 0 Å². The number of halogens is 2. The molecule has 0 bridgehead atoms. The molecule has 2 amide bonds. The van der Waals surface area contributed by atoms with Gasteiger partial charge < -0.3 is 4.74 Å². The summed E-state index contributed by atoms with van der Waals surface area (Å²) in [6, 6.07) is 13.2. The van der Waals surface area contributed by atoms with Crippen molar-refractivity contribution >= 4 is 35.0 Å². The van der Waals surface area contributed by atoms with Crippen LogP contribution in [-0.2, 0) is 4.79 Å². The minimum atomic E-state index is -0.527. The standard InChI is InChI=1S/C15H12Cl2N2O3/c16-11-6-7-12(17)13(8-11)22-9-14(20)18-19-15(21)10-4-2-1-3-5-10/h1-8H,9H2,(H,18,20)(H,19,21). The van der Waals surface area contributed by atoms with E-state index in [1.807, 2.05) is 0 Å². The van der Waals surface area contributed by atoms with Crippen molar-refractivity contribution in [1.29, 1.82) is 0 Å². The largest absolute Gasteiger partial charge is 0.482 e. The molecule has 2 rings (SSSR count). The maximum absolute atomic E-state index is 11.7. The molecule has 0 aliphatic rings. The third-order valence-corrected chi connectivity index (χ3v) is 3.15. The highest BCUT2D eigenvalue weighted by Gasteiger charge is 2.09. The van der Waals surface area contributed by atoms with Crippen molar-refractivity contribution in [3.63, 3.8) is 0 Å². The van der Waals surface area contributed by atoms with E-state index in [1.54, 1.807) is 42.5 Å². The first-order chi connectivity index (χ1) is 10.6. The molecule has 0 atom stereocenters. The van der Waals surface area contributed by atoms with Crippen molar-refractivity contribution in [3.05, 3.63) is 64.1 Å². The smallest absolute Gasteiger partial charge is 0.276 e. The molecule has 114 valence electrons. The molecule has 0 aliphatic heterocycles. The Morgan fingerprint density at radius 3 is 2.45 bits per heavy atom. The lowest BCUT2D eigenvalue weighted by atomic mass is 10.2. The predicted octanol–water partition coefficient (Wildman–Crippen LogP) is 2.83. The van der Waals surface area contributed by atoms with Crippen LogP contribution in [-0.4, -0.2) is 18.4 Å². The van der Waals surface area contributed by atoms with Crippen LogP contribution < -0.4 is 15.6 Å². The molecule has 0 saturated heterocycles. The van der Waals surface area contributed by atoms with Gasteiger partial charge in [0.05, 0.1) is 5.02 Å². The van der Waals surface area contributed by atoms with E-state index in [0.29, 0.717) is 21.4 Å². The number of carbonyl (C=O) groups is 2. The van der Waals surface area contributed by atoms with Gasteiger partial charge in [-0.3, -0.25) is 20.4 Å². The molecular weight excluding hydrogens is 327 g/mol. The van der Waals surface area contributed by atoms with Crippen molar-refractivity contribution < 1.29 is 14.3 Å². The van der Waals surface area contributed by atoms with Gasteiger partial charge in [-0.05, 0) is 24.3 Å². The van der Waals surface area contributed by atoms with Crippen molar-refractivity contribution in [2.24, 2.45) is 0 Å². The van der Waals surface area contributed by atoms with Crippen LogP contribution in [0.3, 0.4) is 0 Å². The predicted molar refractivity (Wildman–Crippen MR) is 84.0 cm³/mol. The summed E-state index contributed by atoms with van der Waals surface area (Å²) in [6.45, 7) is -0.310. The molecule has 0 saturated carbocycles. The van der Waals surface area contributed by atoms with Crippen LogP contribution in [0.4, 0.5) is 0 Å². The van der Waals surface area contributed by atoms with Gasteiger partial charge in [0, 0.05) is 16.7 Å². The zero-order chi connectivity index (χ0) is 15.9. The lowest BCUT2D eigenvalue weighted by Gasteiger charge is -2.10. The number of rotatable bonds is 4. The monoisotopic (exact) mass is 338 g/mol. The Hall–Kier alpha value is -2.24. The molecule has 5 nitrogen and oxygen atoms in total. The van der Waals surface area contributed by atoms with Gasteiger partial charge in [-0.1, -0.05) is 41.4 Å². The molecule has 0 spiro atoms. The maximum Gasteiger partial charge on any atom is 0.276 e. The summed E-state index contributed by atoms with van der Waals surface area (Å²) in [5.41, 5.74) is 4.96. The second kappa shape index (κ2) is 7.68. The minimum Gasteiger partial charge on any atom is -0.482 e. The van der Waals surface area contributed by atoms with Gasteiger partial charge in [-0.2, -0.15) is 0 Å². The molecule has 2 N–H and O–H groups in total.